The Hall–Kier alpha value is -1.86. The number of benzene rings is 1. The van der Waals surface area contributed by atoms with Crippen molar-refractivity contribution in [3.8, 4) is 5.75 Å². The Kier molecular flexibility index (Phi) is 3.94. The summed E-state index contributed by atoms with van der Waals surface area (Å²) in [7, 11) is 1.64. The third-order valence-electron chi connectivity index (χ3n) is 3.00. The number of thioether (sulfide) groups is 1. The number of aryl methyl sites for hydroxylation is 1. The van der Waals surface area contributed by atoms with Crippen LogP contribution in [0, 0.1) is 6.92 Å². The van der Waals surface area contributed by atoms with Crippen LogP contribution >= 0.6 is 23.3 Å². The van der Waals surface area contributed by atoms with E-state index in [9.17, 15) is 0 Å². The van der Waals surface area contributed by atoms with Gasteiger partial charge in [-0.1, -0.05) is 11.8 Å². The summed E-state index contributed by atoms with van der Waals surface area (Å²) in [5, 5.41) is 1.05. The molecule has 5 nitrogen and oxygen atoms in total. The summed E-state index contributed by atoms with van der Waals surface area (Å²) in [5.74, 6) is 2.86. The van der Waals surface area contributed by atoms with E-state index in [0.29, 0.717) is 5.82 Å². The number of fused-ring (bicyclic) bond motifs is 1. The molecule has 0 amide bonds. The van der Waals surface area contributed by atoms with Gasteiger partial charge in [0, 0.05) is 22.8 Å². The largest absolute Gasteiger partial charge is 0.497 e. The van der Waals surface area contributed by atoms with Crippen LogP contribution in [0.25, 0.3) is 10.9 Å². The molecule has 1 aromatic carbocycles. The summed E-state index contributed by atoms with van der Waals surface area (Å²) < 4.78 is 10.3. The smallest absolute Gasteiger partial charge is 0.170 e. The van der Waals surface area contributed by atoms with Crippen LogP contribution in [0.4, 0.5) is 5.82 Å². The molecule has 0 spiro atoms. The SMILES string of the molecule is COc1ccc2cc(CSc3nc(C)ns3)c(N)nc2c1. The van der Waals surface area contributed by atoms with Crippen LogP contribution in [0.1, 0.15) is 11.4 Å². The number of hydrogen-bond donors (Lipinski definition) is 1. The van der Waals surface area contributed by atoms with Gasteiger partial charge in [0.25, 0.3) is 0 Å². The van der Waals surface area contributed by atoms with Crippen molar-refractivity contribution in [3.05, 3.63) is 35.7 Å². The quantitative estimate of drug-likeness (QED) is 0.744. The van der Waals surface area contributed by atoms with Crippen molar-refractivity contribution in [1.29, 1.82) is 0 Å². The molecule has 3 rings (SSSR count). The Morgan fingerprint density at radius 1 is 1.29 bits per heavy atom. The monoisotopic (exact) mass is 318 g/mol. The first-order valence-electron chi connectivity index (χ1n) is 6.32. The Balaban J connectivity index is 1.86. The van der Waals surface area contributed by atoms with Gasteiger partial charge >= 0.3 is 0 Å². The third-order valence-corrected chi connectivity index (χ3v) is 4.97. The van der Waals surface area contributed by atoms with Gasteiger partial charge in [0.05, 0.1) is 12.6 Å². The van der Waals surface area contributed by atoms with Crippen molar-refractivity contribution in [2.24, 2.45) is 0 Å². The van der Waals surface area contributed by atoms with Crippen LogP contribution in [0.15, 0.2) is 28.6 Å². The molecular weight excluding hydrogens is 304 g/mol. The van der Waals surface area contributed by atoms with Crippen LogP contribution in [0.5, 0.6) is 5.75 Å². The fourth-order valence-corrected chi connectivity index (χ4v) is 3.55. The number of ether oxygens (including phenoxy) is 1. The van der Waals surface area contributed by atoms with E-state index in [1.165, 1.54) is 11.5 Å². The first-order valence-corrected chi connectivity index (χ1v) is 8.08. The molecule has 0 radical (unpaired) electrons. The second kappa shape index (κ2) is 5.87. The molecule has 0 saturated carbocycles. The molecule has 108 valence electrons. The number of rotatable bonds is 4. The molecule has 0 aliphatic carbocycles. The summed E-state index contributed by atoms with van der Waals surface area (Å²) in [6.07, 6.45) is 0. The summed E-state index contributed by atoms with van der Waals surface area (Å²) in [4.78, 5) is 8.79. The fourth-order valence-electron chi connectivity index (χ4n) is 1.92. The molecule has 0 fully saturated rings. The molecule has 7 heteroatoms. The predicted molar refractivity (Wildman–Crippen MR) is 86.9 cm³/mol. The van der Waals surface area contributed by atoms with E-state index in [1.807, 2.05) is 25.1 Å². The lowest BCUT2D eigenvalue weighted by Crippen LogP contribution is -1.97. The average molecular weight is 318 g/mol. The maximum atomic E-state index is 6.05. The minimum atomic E-state index is 0.546. The maximum Gasteiger partial charge on any atom is 0.170 e. The maximum absolute atomic E-state index is 6.05. The number of anilines is 1. The van der Waals surface area contributed by atoms with E-state index in [-0.39, 0.29) is 0 Å². The van der Waals surface area contributed by atoms with E-state index in [0.717, 1.165) is 38.1 Å². The van der Waals surface area contributed by atoms with Crippen molar-refractivity contribution in [3.63, 3.8) is 0 Å². The normalized spacial score (nSPS) is 11.0. The molecule has 2 N–H and O–H groups in total. The van der Waals surface area contributed by atoms with Crippen molar-refractivity contribution >= 4 is 40.0 Å². The number of methoxy groups -OCH3 is 1. The number of pyridine rings is 1. The van der Waals surface area contributed by atoms with Gasteiger partial charge in [-0.15, -0.1) is 0 Å². The van der Waals surface area contributed by atoms with E-state index in [1.54, 1.807) is 18.9 Å². The van der Waals surface area contributed by atoms with Crippen LogP contribution in [0.2, 0.25) is 0 Å². The molecule has 0 aliphatic heterocycles. The van der Waals surface area contributed by atoms with Crippen LogP contribution in [0.3, 0.4) is 0 Å². The zero-order valence-electron chi connectivity index (χ0n) is 11.7. The predicted octanol–water partition coefficient (Wildman–Crippen LogP) is 3.28. The van der Waals surface area contributed by atoms with Crippen LogP contribution in [-0.4, -0.2) is 21.5 Å². The average Bonchev–Trinajstić information content (AvgIpc) is 2.90. The Bertz CT molecular complexity index is 788. The Labute approximate surface area is 130 Å². The third kappa shape index (κ3) is 3.08. The van der Waals surface area contributed by atoms with Crippen molar-refractivity contribution < 1.29 is 4.74 Å². The van der Waals surface area contributed by atoms with Gasteiger partial charge < -0.3 is 10.5 Å². The van der Waals surface area contributed by atoms with Crippen molar-refractivity contribution in [2.45, 2.75) is 17.0 Å². The van der Waals surface area contributed by atoms with Gasteiger partial charge in [-0.05, 0) is 36.7 Å². The summed E-state index contributed by atoms with van der Waals surface area (Å²) >= 11 is 3.03. The molecule has 0 bridgehead atoms. The number of hydrogen-bond acceptors (Lipinski definition) is 7. The van der Waals surface area contributed by atoms with Crippen LogP contribution in [-0.2, 0) is 5.75 Å². The fraction of sp³-hybridized carbons (Fsp3) is 0.214. The lowest BCUT2D eigenvalue weighted by Gasteiger charge is -2.07. The topological polar surface area (TPSA) is 73.9 Å². The van der Waals surface area contributed by atoms with Crippen LogP contribution < -0.4 is 10.5 Å². The van der Waals surface area contributed by atoms with E-state index < -0.39 is 0 Å². The minimum Gasteiger partial charge on any atom is -0.497 e. The molecule has 0 unspecified atom stereocenters. The molecule has 0 atom stereocenters. The van der Waals surface area contributed by atoms with Gasteiger partial charge in [0.1, 0.15) is 17.4 Å². The summed E-state index contributed by atoms with van der Waals surface area (Å²) in [5.41, 5.74) is 7.89. The Morgan fingerprint density at radius 2 is 2.14 bits per heavy atom. The van der Waals surface area contributed by atoms with E-state index in [2.05, 4.69) is 20.4 Å². The highest BCUT2D eigenvalue weighted by atomic mass is 32.2. The lowest BCUT2D eigenvalue weighted by molar-refractivity contribution is 0.415. The number of nitrogen functional groups attached to an aromatic ring is 1. The molecular formula is C14H14N4OS2. The molecule has 21 heavy (non-hydrogen) atoms. The van der Waals surface area contributed by atoms with Gasteiger partial charge in [-0.25, -0.2) is 9.97 Å². The number of nitrogens with two attached hydrogens (primary N) is 1. The Morgan fingerprint density at radius 3 is 2.86 bits per heavy atom. The van der Waals surface area contributed by atoms with E-state index >= 15 is 0 Å². The number of nitrogens with zero attached hydrogens (tertiary/aromatic N) is 3. The second-order valence-electron chi connectivity index (χ2n) is 4.49. The molecule has 0 saturated heterocycles. The van der Waals surface area contributed by atoms with Gasteiger partial charge in [0.15, 0.2) is 4.34 Å². The molecule has 0 aliphatic rings. The standard InChI is InChI=1S/C14H14N4OS2/c1-8-16-14(21-18-8)20-7-10-5-9-3-4-11(19-2)6-12(9)17-13(10)15/h3-6H,7H2,1-2H3,(H2,15,17). The minimum absolute atomic E-state index is 0.546. The van der Waals surface area contributed by atoms with Crippen molar-refractivity contribution in [2.75, 3.05) is 12.8 Å². The molecule has 2 heterocycles. The highest BCUT2D eigenvalue weighted by Gasteiger charge is 2.08. The second-order valence-corrected chi connectivity index (χ2v) is 6.46. The highest BCUT2D eigenvalue weighted by Crippen LogP contribution is 2.29. The zero-order valence-corrected chi connectivity index (χ0v) is 13.3. The lowest BCUT2D eigenvalue weighted by atomic mass is 10.1. The van der Waals surface area contributed by atoms with Gasteiger partial charge in [-0.3, -0.25) is 0 Å². The summed E-state index contributed by atoms with van der Waals surface area (Å²) in [6, 6.07) is 7.86. The first kappa shape index (κ1) is 14.1. The first-order chi connectivity index (χ1) is 10.2. The van der Waals surface area contributed by atoms with Crippen molar-refractivity contribution in [1.82, 2.24) is 14.3 Å². The highest BCUT2D eigenvalue weighted by molar-refractivity contribution is 8.00. The summed E-state index contributed by atoms with van der Waals surface area (Å²) in [6.45, 7) is 1.89. The molecule has 2 aromatic heterocycles. The zero-order chi connectivity index (χ0) is 14.8. The van der Waals surface area contributed by atoms with E-state index in [4.69, 9.17) is 10.5 Å². The number of aromatic nitrogens is 3. The van der Waals surface area contributed by atoms with Gasteiger partial charge in [-0.2, -0.15) is 4.37 Å². The van der Waals surface area contributed by atoms with Gasteiger partial charge in [0.2, 0.25) is 0 Å². The molecule has 3 aromatic rings.